The predicted molar refractivity (Wildman–Crippen MR) is 122 cm³/mol. The van der Waals surface area contributed by atoms with Crippen molar-refractivity contribution in [2.24, 2.45) is 5.92 Å². The average molecular weight is 457 g/mol. The van der Waals surface area contributed by atoms with Gasteiger partial charge in [0.1, 0.15) is 13.3 Å². The molecule has 2 aromatic rings. The van der Waals surface area contributed by atoms with Crippen LogP contribution in [-0.2, 0) is 32.2 Å². The number of carbonyl (C=O) groups is 2. The highest BCUT2D eigenvalue weighted by Crippen LogP contribution is 2.27. The quantitative estimate of drug-likeness (QED) is 0.593. The Kier molecular flexibility index (Phi) is 8.82. The summed E-state index contributed by atoms with van der Waals surface area (Å²) in [5, 5.41) is 13.2. The maximum atomic E-state index is 12.9. The number of hydrogen-bond acceptors (Lipinski definition) is 6. The third kappa shape index (κ3) is 7.02. The Morgan fingerprint density at radius 2 is 1.64 bits per heavy atom. The number of carbonyl (C=O) groups excluding carboxylic acids is 2. The molecule has 5 atom stereocenters. The van der Waals surface area contributed by atoms with Crippen LogP contribution in [0.25, 0.3) is 0 Å². The summed E-state index contributed by atoms with van der Waals surface area (Å²) in [5.41, 5.74) is 1.79. The first-order chi connectivity index (χ1) is 15.8. The molecule has 1 saturated heterocycles. The Morgan fingerprint density at radius 1 is 1.03 bits per heavy atom. The first kappa shape index (κ1) is 24.7. The second-order valence-electron chi connectivity index (χ2n) is 8.31. The van der Waals surface area contributed by atoms with Gasteiger partial charge in [-0.15, -0.1) is 0 Å². The molecule has 3 rings (SSSR count). The van der Waals surface area contributed by atoms with E-state index in [4.69, 9.17) is 14.2 Å². The molecule has 2 amide bonds. The van der Waals surface area contributed by atoms with Gasteiger partial charge in [-0.1, -0.05) is 67.6 Å². The van der Waals surface area contributed by atoms with Gasteiger partial charge in [0.2, 0.25) is 5.91 Å². The van der Waals surface area contributed by atoms with Crippen LogP contribution in [0.1, 0.15) is 31.9 Å². The Labute approximate surface area is 194 Å². The van der Waals surface area contributed by atoms with Gasteiger partial charge in [-0.3, -0.25) is 9.69 Å². The van der Waals surface area contributed by atoms with E-state index in [1.54, 1.807) is 6.92 Å². The predicted octanol–water partition coefficient (Wildman–Crippen LogP) is 3.05. The molecule has 2 aromatic carbocycles. The van der Waals surface area contributed by atoms with Gasteiger partial charge in [0, 0.05) is 12.8 Å². The highest BCUT2D eigenvalue weighted by Gasteiger charge is 2.42. The van der Waals surface area contributed by atoms with E-state index in [9.17, 15) is 14.7 Å². The summed E-state index contributed by atoms with van der Waals surface area (Å²) in [6, 6.07) is 18.4. The number of ether oxygens (including phenoxy) is 3. The molecule has 0 spiro atoms. The highest BCUT2D eigenvalue weighted by molar-refractivity contribution is 5.73. The van der Waals surface area contributed by atoms with Gasteiger partial charge in [0.25, 0.3) is 0 Å². The Bertz CT molecular complexity index is 894. The van der Waals surface area contributed by atoms with E-state index >= 15 is 0 Å². The third-order valence-corrected chi connectivity index (χ3v) is 5.67. The van der Waals surface area contributed by atoms with Crippen molar-refractivity contribution in [2.45, 2.75) is 58.5 Å². The topological polar surface area (TPSA) is 97.3 Å². The smallest absolute Gasteiger partial charge is 0.412 e. The first-order valence-electron chi connectivity index (χ1n) is 11.1. The number of nitrogens with zero attached hydrogens (tertiary/aromatic N) is 1. The van der Waals surface area contributed by atoms with Crippen LogP contribution in [-0.4, -0.2) is 53.3 Å². The van der Waals surface area contributed by atoms with Crippen LogP contribution in [0.5, 0.6) is 0 Å². The highest BCUT2D eigenvalue weighted by atomic mass is 16.7. The van der Waals surface area contributed by atoms with Crippen molar-refractivity contribution in [2.75, 3.05) is 6.73 Å². The zero-order chi connectivity index (χ0) is 23.8. The molecule has 0 radical (unpaired) electrons. The monoisotopic (exact) mass is 456 g/mol. The summed E-state index contributed by atoms with van der Waals surface area (Å²) in [6.45, 7) is 5.28. The van der Waals surface area contributed by atoms with E-state index in [-0.39, 0.29) is 31.7 Å². The van der Waals surface area contributed by atoms with Gasteiger partial charge in [-0.25, -0.2) is 4.79 Å². The van der Waals surface area contributed by atoms with E-state index in [1.807, 2.05) is 67.6 Å². The molecule has 0 saturated carbocycles. The fourth-order valence-corrected chi connectivity index (χ4v) is 3.78. The van der Waals surface area contributed by atoms with E-state index < -0.39 is 30.6 Å². The maximum absolute atomic E-state index is 12.9. The lowest BCUT2D eigenvalue weighted by Gasteiger charge is -2.43. The summed E-state index contributed by atoms with van der Waals surface area (Å²) in [4.78, 5) is 26.1. The van der Waals surface area contributed by atoms with Crippen LogP contribution in [0, 0.1) is 5.92 Å². The van der Waals surface area contributed by atoms with Crippen LogP contribution in [0.2, 0.25) is 0 Å². The fourth-order valence-electron chi connectivity index (χ4n) is 3.78. The molecule has 178 valence electrons. The van der Waals surface area contributed by atoms with Crippen molar-refractivity contribution in [3.8, 4) is 0 Å². The number of rotatable bonds is 8. The fraction of sp³-hybridized carbons (Fsp3) is 0.440. The lowest BCUT2D eigenvalue weighted by atomic mass is 9.89. The maximum Gasteiger partial charge on any atom is 0.412 e. The molecule has 0 bridgehead atoms. The molecule has 1 heterocycles. The number of hydrogen-bond donors (Lipinski definition) is 2. The van der Waals surface area contributed by atoms with E-state index in [1.165, 1.54) is 11.8 Å². The molecule has 33 heavy (non-hydrogen) atoms. The molecule has 0 aliphatic carbocycles. The van der Waals surface area contributed by atoms with Crippen LogP contribution >= 0.6 is 0 Å². The number of aliphatic hydroxyl groups is 1. The molecule has 1 fully saturated rings. The minimum Gasteiger partial charge on any atom is -0.444 e. The van der Waals surface area contributed by atoms with Crippen LogP contribution in [0.3, 0.4) is 0 Å². The lowest BCUT2D eigenvalue weighted by molar-refractivity contribution is -0.255. The second-order valence-corrected chi connectivity index (χ2v) is 8.31. The molecule has 0 aromatic heterocycles. The Morgan fingerprint density at radius 3 is 2.24 bits per heavy atom. The molecular weight excluding hydrogens is 424 g/mol. The molecular formula is C25H32N2O6. The lowest BCUT2D eigenvalue weighted by Crippen LogP contribution is -2.60. The van der Waals surface area contributed by atoms with E-state index in [2.05, 4.69) is 5.32 Å². The van der Waals surface area contributed by atoms with Gasteiger partial charge >= 0.3 is 6.09 Å². The standard InChI is InChI=1S/C25H32N2O6/c1-17-22(26-19(3)28)24(33-18(2)23(17)29)32-16-27(14-20-10-6-4-7-11-20)25(30)31-15-21-12-8-5-9-13-21/h4-13,17-18,22-24,29H,14-16H2,1-3H3,(H,26,28)/t17-,18?,22?,23-,24-/m1/s1. The van der Waals surface area contributed by atoms with Crippen molar-refractivity contribution in [1.82, 2.24) is 10.2 Å². The third-order valence-electron chi connectivity index (χ3n) is 5.67. The number of aliphatic hydroxyl groups excluding tert-OH is 1. The van der Waals surface area contributed by atoms with Crippen molar-refractivity contribution in [3.63, 3.8) is 0 Å². The molecule has 8 nitrogen and oxygen atoms in total. The van der Waals surface area contributed by atoms with Gasteiger partial charge in [-0.05, 0) is 18.1 Å². The second kappa shape index (κ2) is 11.8. The summed E-state index contributed by atoms with van der Waals surface area (Å²) in [7, 11) is 0. The van der Waals surface area contributed by atoms with Gasteiger partial charge in [0.05, 0.1) is 24.8 Å². The van der Waals surface area contributed by atoms with Gasteiger partial charge in [-0.2, -0.15) is 0 Å². The average Bonchev–Trinajstić information content (AvgIpc) is 2.82. The van der Waals surface area contributed by atoms with Crippen molar-refractivity contribution >= 4 is 12.0 Å². The molecule has 1 aliphatic heterocycles. The van der Waals surface area contributed by atoms with Crippen molar-refractivity contribution in [1.29, 1.82) is 0 Å². The minimum atomic E-state index is -0.831. The summed E-state index contributed by atoms with van der Waals surface area (Å²) in [6.07, 6.45) is -2.60. The van der Waals surface area contributed by atoms with E-state index in [0.29, 0.717) is 0 Å². The van der Waals surface area contributed by atoms with Gasteiger partial charge in [0.15, 0.2) is 6.29 Å². The normalized spacial score (nSPS) is 24.7. The van der Waals surface area contributed by atoms with Crippen molar-refractivity contribution in [3.05, 3.63) is 71.8 Å². The zero-order valence-corrected chi connectivity index (χ0v) is 19.2. The number of amides is 2. The molecule has 2 unspecified atom stereocenters. The molecule has 8 heteroatoms. The van der Waals surface area contributed by atoms with Crippen molar-refractivity contribution < 1.29 is 28.9 Å². The van der Waals surface area contributed by atoms with Crippen LogP contribution in [0.4, 0.5) is 4.79 Å². The van der Waals surface area contributed by atoms with Gasteiger partial charge < -0.3 is 24.6 Å². The summed E-state index contributed by atoms with van der Waals surface area (Å²) >= 11 is 0. The molecule has 2 N–H and O–H groups in total. The summed E-state index contributed by atoms with van der Waals surface area (Å²) in [5.74, 6) is -0.551. The SMILES string of the molecule is CC(=O)NC1[C@H](OCN(Cc2ccccc2)C(=O)OCc2ccccc2)OC(C)[C@H](O)[C@@H]1C. The van der Waals surface area contributed by atoms with Crippen LogP contribution in [0.15, 0.2) is 60.7 Å². The first-order valence-corrected chi connectivity index (χ1v) is 11.1. The summed E-state index contributed by atoms with van der Waals surface area (Å²) < 4.78 is 17.3. The minimum absolute atomic E-state index is 0.112. The number of benzene rings is 2. The Balaban J connectivity index is 1.69. The molecule has 1 aliphatic rings. The van der Waals surface area contributed by atoms with Crippen LogP contribution < -0.4 is 5.32 Å². The van der Waals surface area contributed by atoms with E-state index in [0.717, 1.165) is 11.1 Å². The zero-order valence-electron chi connectivity index (χ0n) is 19.2. The largest absolute Gasteiger partial charge is 0.444 e. The Hall–Kier alpha value is -2.94. The number of nitrogens with one attached hydrogen (secondary N) is 1.